The predicted octanol–water partition coefficient (Wildman–Crippen LogP) is 3.99. The Bertz CT molecular complexity index is 439. The molecule has 0 spiro atoms. The van der Waals surface area contributed by atoms with Gasteiger partial charge in [0.15, 0.2) is 5.78 Å². The highest BCUT2D eigenvalue weighted by Crippen LogP contribution is 2.27. The average molecular weight is 327 g/mol. The van der Waals surface area contributed by atoms with Gasteiger partial charge in [-0.25, -0.2) is 0 Å². The molecule has 1 atom stereocenters. The van der Waals surface area contributed by atoms with Gasteiger partial charge in [0, 0.05) is 12.2 Å². The molecular formula is C15H19BrO3. The molecule has 1 aromatic carbocycles. The van der Waals surface area contributed by atoms with Crippen LogP contribution >= 0.6 is 15.9 Å². The van der Waals surface area contributed by atoms with Crippen LogP contribution in [0.15, 0.2) is 22.7 Å². The standard InChI is InChI=1S/C15H19BrO3/c1-2-8-18-13-7-6-11(10-12(13)16)15(17)14-5-3-4-9-19-14/h6-7,10,14H,2-5,8-9H2,1H3. The highest BCUT2D eigenvalue weighted by Gasteiger charge is 2.23. The van der Waals surface area contributed by atoms with Crippen molar-refractivity contribution in [1.82, 2.24) is 0 Å². The number of hydrogen-bond acceptors (Lipinski definition) is 3. The summed E-state index contributed by atoms with van der Waals surface area (Å²) in [5.41, 5.74) is 0.683. The third kappa shape index (κ3) is 3.80. The fourth-order valence-corrected chi connectivity index (χ4v) is 2.61. The normalized spacial score (nSPS) is 19.2. The first-order valence-corrected chi connectivity index (χ1v) is 7.60. The van der Waals surface area contributed by atoms with E-state index in [0.717, 1.165) is 35.9 Å². The Kier molecular flexibility index (Phi) is 5.40. The lowest BCUT2D eigenvalue weighted by molar-refractivity contribution is 0.0186. The second-order valence-electron chi connectivity index (χ2n) is 4.71. The molecule has 104 valence electrons. The first kappa shape index (κ1) is 14.5. The Labute approximate surface area is 122 Å². The summed E-state index contributed by atoms with van der Waals surface area (Å²) in [6.07, 6.45) is 3.63. The topological polar surface area (TPSA) is 35.5 Å². The molecule has 3 nitrogen and oxygen atoms in total. The fourth-order valence-electron chi connectivity index (χ4n) is 2.12. The van der Waals surface area contributed by atoms with Crippen molar-refractivity contribution in [2.45, 2.75) is 38.7 Å². The van der Waals surface area contributed by atoms with E-state index in [1.807, 2.05) is 18.2 Å². The molecule has 1 fully saturated rings. The smallest absolute Gasteiger partial charge is 0.191 e. The molecule has 0 radical (unpaired) electrons. The number of benzene rings is 1. The highest BCUT2D eigenvalue weighted by molar-refractivity contribution is 9.10. The van der Waals surface area contributed by atoms with E-state index in [-0.39, 0.29) is 11.9 Å². The molecule has 0 amide bonds. The zero-order valence-electron chi connectivity index (χ0n) is 11.2. The van der Waals surface area contributed by atoms with E-state index < -0.39 is 0 Å². The van der Waals surface area contributed by atoms with Crippen LogP contribution in [0.1, 0.15) is 43.0 Å². The molecule has 0 bridgehead atoms. The Hall–Kier alpha value is -0.870. The number of ketones is 1. The van der Waals surface area contributed by atoms with Gasteiger partial charge in [-0.2, -0.15) is 0 Å². The van der Waals surface area contributed by atoms with Gasteiger partial charge >= 0.3 is 0 Å². The maximum Gasteiger partial charge on any atom is 0.191 e. The van der Waals surface area contributed by atoms with Crippen LogP contribution in [-0.4, -0.2) is 25.1 Å². The van der Waals surface area contributed by atoms with E-state index in [1.165, 1.54) is 0 Å². The van der Waals surface area contributed by atoms with Gasteiger partial charge in [0.2, 0.25) is 0 Å². The molecule has 1 aromatic rings. The molecule has 0 aliphatic carbocycles. The number of Topliss-reactive ketones (excluding diaryl/α,β-unsaturated/α-hetero) is 1. The van der Waals surface area contributed by atoms with Gasteiger partial charge in [-0.3, -0.25) is 4.79 Å². The van der Waals surface area contributed by atoms with Crippen LogP contribution in [0.4, 0.5) is 0 Å². The van der Waals surface area contributed by atoms with Crippen LogP contribution in [0.2, 0.25) is 0 Å². The maximum absolute atomic E-state index is 12.3. The van der Waals surface area contributed by atoms with Gasteiger partial charge in [0.05, 0.1) is 11.1 Å². The molecule has 1 aliphatic heterocycles. The molecular weight excluding hydrogens is 308 g/mol. The van der Waals surface area contributed by atoms with E-state index in [4.69, 9.17) is 9.47 Å². The molecule has 0 saturated carbocycles. The van der Waals surface area contributed by atoms with Crippen LogP contribution in [-0.2, 0) is 4.74 Å². The van der Waals surface area contributed by atoms with Crippen LogP contribution in [0.3, 0.4) is 0 Å². The van der Waals surface area contributed by atoms with E-state index >= 15 is 0 Å². The summed E-state index contributed by atoms with van der Waals surface area (Å²) in [6.45, 7) is 3.43. The van der Waals surface area contributed by atoms with Gasteiger partial charge in [0.25, 0.3) is 0 Å². The summed E-state index contributed by atoms with van der Waals surface area (Å²) in [7, 11) is 0. The monoisotopic (exact) mass is 326 g/mol. The molecule has 1 aliphatic rings. The lowest BCUT2D eigenvalue weighted by Gasteiger charge is -2.21. The minimum Gasteiger partial charge on any atom is -0.492 e. The van der Waals surface area contributed by atoms with Gasteiger partial charge in [-0.05, 0) is 59.8 Å². The third-order valence-corrected chi connectivity index (χ3v) is 3.77. The molecule has 0 N–H and O–H groups in total. The molecule has 1 saturated heterocycles. The van der Waals surface area contributed by atoms with Crippen LogP contribution < -0.4 is 4.74 Å². The van der Waals surface area contributed by atoms with E-state index in [0.29, 0.717) is 18.8 Å². The number of ether oxygens (including phenoxy) is 2. The van der Waals surface area contributed by atoms with Crippen molar-refractivity contribution in [2.24, 2.45) is 0 Å². The molecule has 1 heterocycles. The van der Waals surface area contributed by atoms with Crippen molar-refractivity contribution in [2.75, 3.05) is 13.2 Å². The van der Waals surface area contributed by atoms with Crippen molar-refractivity contribution < 1.29 is 14.3 Å². The Balaban J connectivity index is 2.07. The second kappa shape index (κ2) is 7.06. The fraction of sp³-hybridized carbons (Fsp3) is 0.533. The second-order valence-corrected chi connectivity index (χ2v) is 5.57. The van der Waals surface area contributed by atoms with Gasteiger partial charge in [0.1, 0.15) is 11.9 Å². The van der Waals surface area contributed by atoms with Crippen LogP contribution in [0, 0.1) is 0 Å². The van der Waals surface area contributed by atoms with Crippen molar-refractivity contribution in [3.8, 4) is 5.75 Å². The summed E-state index contributed by atoms with van der Waals surface area (Å²) >= 11 is 3.45. The SMILES string of the molecule is CCCOc1ccc(C(=O)C2CCCCO2)cc1Br. The molecule has 1 unspecified atom stereocenters. The average Bonchev–Trinajstić information content (AvgIpc) is 2.46. The lowest BCUT2D eigenvalue weighted by atomic mass is 10.00. The largest absolute Gasteiger partial charge is 0.492 e. The molecule has 2 rings (SSSR count). The summed E-state index contributed by atoms with van der Waals surface area (Å²) in [4.78, 5) is 12.3. The van der Waals surface area contributed by atoms with Gasteiger partial charge in [-0.1, -0.05) is 6.92 Å². The van der Waals surface area contributed by atoms with Crippen LogP contribution in [0.25, 0.3) is 0 Å². The number of rotatable bonds is 5. The summed E-state index contributed by atoms with van der Waals surface area (Å²) in [5, 5.41) is 0. The molecule has 0 aromatic heterocycles. The van der Waals surface area contributed by atoms with Gasteiger partial charge in [-0.15, -0.1) is 0 Å². The number of halogens is 1. The molecule has 19 heavy (non-hydrogen) atoms. The third-order valence-electron chi connectivity index (χ3n) is 3.15. The summed E-state index contributed by atoms with van der Waals surface area (Å²) in [6, 6.07) is 5.48. The van der Waals surface area contributed by atoms with Crippen LogP contribution in [0.5, 0.6) is 5.75 Å². The minimum atomic E-state index is -0.275. The van der Waals surface area contributed by atoms with Crippen molar-refractivity contribution >= 4 is 21.7 Å². The number of hydrogen-bond donors (Lipinski definition) is 0. The molecule has 4 heteroatoms. The maximum atomic E-state index is 12.3. The highest BCUT2D eigenvalue weighted by atomic mass is 79.9. The Morgan fingerprint density at radius 3 is 2.95 bits per heavy atom. The minimum absolute atomic E-state index is 0.0717. The van der Waals surface area contributed by atoms with E-state index in [2.05, 4.69) is 22.9 Å². The van der Waals surface area contributed by atoms with Gasteiger partial charge < -0.3 is 9.47 Å². The quantitative estimate of drug-likeness (QED) is 0.767. The Morgan fingerprint density at radius 1 is 1.47 bits per heavy atom. The first-order chi connectivity index (χ1) is 9.22. The summed E-state index contributed by atoms with van der Waals surface area (Å²) < 4.78 is 11.9. The number of carbonyl (C=O) groups excluding carboxylic acids is 1. The van der Waals surface area contributed by atoms with E-state index in [9.17, 15) is 4.79 Å². The Morgan fingerprint density at radius 2 is 2.32 bits per heavy atom. The summed E-state index contributed by atoms with van der Waals surface area (Å²) in [5.74, 6) is 0.852. The predicted molar refractivity (Wildman–Crippen MR) is 77.8 cm³/mol. The zero-order valence-corrected chi connectivity index (χ0v) is 12.7. The van der Waals surface area contributed by atoms with Crippen molar-refractivity contribution in [1.29, 1.82) is 0 Å². The van der Waals surface area contributed by atoms with E-state index in [1.54, 1.807) is 0 Å². The van der Waals surface area contributed by atoms with Crippen molar-refractivity contribution in [3.63, 3.8) is 0 Å². The first-order valence-electron chi connectivity index (χ1n) is 6.80. The lowest BCUT2D eigenvalue weighted by Crippen LogP contribution is -2.28. The van der Waals surface area contributed by atoms with Crippen molar-refractivity contribution in [3.05, 3.63) is 28.2 Å². The zero-order chi connectivity index (χ0) is 13.7. The number of carbonyl (C=O) groups is 1.